The summed E-state index contributed by atoms with van der Waals surface area (Å²) >= 11 is 5.97. The van der Waals surface area contributed by atoms with Crippen molar-refractivity contribution >= 4 is 29.0 Å². The van der Waals surface area contributed by atoms with Gasteiger partial charge in [-0.05, 0) is 44.2 Å². The van der Waals surface area contributed by atoms with Crippen LogP contribution in [0.4, 0.5) is 25.0 Å². The zero-order valence-electron chi connectivity index (χ0n) is 16.4. The third-order valence-corrected chi connectivity index (χ3v) is 4.50. The molecule has 0 saturated heterocycles. The minimum atomic E-state index is -0.815. The SMILES string of the molecule is COc1ccc(Cl)cc1NC(=O)Nc1c(C)nn(COc2ccc(F)cc2F)c1C. The maximum Gasteiger partial charge on any atom is 0.323 e. The number of aromatic nitrogens is 2. The number of urea groups is 1. The van der Waals surface area contributed by atoms with Gasteiger partial charge in [-0.25, -0.2) is 18.3 Å². The van der Waals surface area contributed by atoms with Gasteiger partial charge in [0.2, 0.25) is 0 Å². The lowest BCUT2D eigenvalue weighted by Crippen LogP contribution is -2.20. The Bertz CT molecular complexity index is 1090. The second kappa shape index (κ2) is 9.00. The van der Waals surface area contributed by atoms with Crippen LogP contribution in [0.5, 0.6) is 11.5 Å². The van der Waals surface area contributed by atoms with Crippen LogP contribution in [0, 0.1) is 25.5 Å². The maximum atomic E-state index is 13.7. The molecule has 0 aliphatic heterocycles. The molecule has 0 atom stereocenters. The Kier molecular flexibility index (Phi) is 6.41. The lowest BCUT2D eigenvalue weighted by atomic mass is 10.3. The number of nitrogens with one attached hydrogen (secondary N) is 2. The average molecular weight is 437 g/mol. The summed E-state index contributed by atoms with van der Waals surface area (Å²) in [6, 6.07) is 7.35. The number of nitrogens with zero attached hydrogens (tertiary/aromatic N) is 2. The summed E-state index contributed by atoms with van der Waals surface area (Å²) < 4.78 is 38.8. The summed E-state index contributed by atoms with van der Waals surface area (Å²) in [7, 11) is 1.48. The number of aryl methyl sites for hydroxylation is 1. The molecule has 0 spiro atoms. The van der Waals surface area contributed by atoms with Crippen LogP contribution in [0.3, 0.4) is 0 Å². The third-order valence-electron chi connectivity index (χ3n) is 4.27. The summed E-state index contributed by atoms with van der Waals surface area (Å²) in [5.74, 6) is -1.16. The van der Waals surface area contributed by atoms with E-state index in [4.69, 9.17) is 21.1 Å². The van der Waals surface area contributed by atoms with Gasteiger partial charge in [-0.1, -0.05) is 11.6 Å². The first kappa shape index (κ1) is 21.4. The van der Waals surface area contributed by atoms with Gasteiger partial charge in [0.05, 0.1) is 29.9 Å². The lowest BCUT2D eigenvalue weighted by molar-refractivity contribution is 0.208. The number of carbonyl (C=O) groups excluding carboxylic acids is 1. The van der Waals surface area contributed by atoms with Crippen LogP contribution in [-0.2, 0) is 6.73 Å². The van der Waals surface area contributed by atoms with E-state index in [1.54, 1.807) is 32.0 Å². The number of methoxy groups -OCH3 is 1. The molecular weight excluding hydrogens is 418 g/mol. The van der Waals surface area contributed by atoms with Gasteiger partial charge in [-0.2, -0.15) is 5.10 Å². The standard InChI is InChI=1S/C20H19ClF2N4O3/c1-11-19(25-20(28)24-16-8-13(21)4-6-18(16)29-3)12(2)27(26-11)10-30-17-7-5-14(22)9-15(17)23/h4-9H,10H2,1-3H3,(H2,24,25,28). The molecule has 0 bridgehead atoms. The first-order valence-corrected chi connectivity index (χ1v) is 9.19. The lowest BCUT2D eigenvalue weighted by Gasteiger charge is -2.12. The molecule has 0 aliphatic carbocycles. The normalized spacial score (nSPS) is 10.6. The topological polar surface area (TPSA) is 77.4 Å². The molecule has 0 aliphatic rings. The van der Waals surface area contributed by atoms with Gasteiger partial charge in [0.15, 0.2) is 18.3 Å². The van der Waals surface area contributed by atoms with Crippen molar-refractivity contribution in [2.24, 2.45) is 0 Å². The highest BCUT2D eigenvalue weighted by molar-refractivity contribution is 6.31. The molecule has 1 aromatic heterocycles. The van der Waals surface area contributed by atoms with Crippen LogP contribution >= 0.6 is 11.6 Å². The molecule has 3 rings (SSSR count). The van der Waals surface area contributed by atoms with E-state index in [-0.39, 0.29) is 12.5 Å². The number of amides is 2. The van der Waals surface area contributed by atoms with Crippen LogP contribution in [0.2, 0.25) is 5.02 Å². The summed E-state index contributed by atoms with van der Waals surface area (Å²) in [6.45, 7) is 3.30. The highest BCUT2D eigenvalue weighted by Crippen LogP contribution is 2.28. The minimum absolute atomic E-state index is 0.107. The van der Waals surface area contributed by atoms with Gasteiger partial charge in [0.1, 0.15) is 11.6 Å². The molecule has 7 nitrogen and oxygen atoms in total. The van der Waals surface area contributed by atoms with Gasteiger partial charge in [-0.15, -0.1) is 0 Å². The van der Waals surface area contributed by atoms with E-state index < -0.39 is 17.7 Å². The second-order valence-electron chi connectivity index (χ2n) is 6.32. The van der Waals surface area contributed by atoms with Crippen LogP contribution < -0.4 is 20.1 Å². The van der Waals surface area contributed by atoms with Crippen LogP contribution in [0.15, 0.2) is 36.4 Å². The van der Waals surface area contributed by atoms with Gasteiger partial charge in [0, 0.05) is 11.1 Å². The fraction of sp³-hybridized carbons (Fsp3) is 0.200. The Hall–Kier alpha value is -3.33. The first-order chi connectivity index (χ1) is 14.3. The summed E-state index contributed by atoms with van der Waals surface area (Å²) in [6.07, 6.45) is 0. The summed E-state index contributed by atoms with van der Waals surface area (Å²) in [5.41, 5.74) is 1.99. The fourth-order valence-corrected chi connectivity index (χ4v) is 2.94. The van der Waals surface area contributed by atoms with Crippen molar-refractivity contribution in [2.75, 3.05) is 17.7 Å². The van der Waals surface area contributed by atoms with Crippen LogP contribution in [0.25, 0.3) is 0 Å². The van der Waals surface area contributed by atoms with E-state index >= 15 is 0 Å². The molecule has 30 heavy (non-hydrogen) atoms. The van der Waals surface area contributed by atoms with Gasteiger partial charge >= 0.3 is 6.03 Å². The molecule has 2 N–H and O–H groups in total. The predicted molar refractivity (Wildman–Crippen MR) is 109 cm³/mol. The number of carbonyl (C=O) groups is 1. The largest absolute Gasteiger partial charge is 0.495 e. The summed E-state index contributed by atoms with van der Waals surface area (Å²) in [5, 5.41) is 10.1. The Morgan fingerprint density at radius 2 is 1.87 bits per heavy atom. The second-order valence-corrected chi connectivity index (χ2v) is 6.75. The van der Waals surface area contributed by atoms with E-state index in [0.29, 0.717) is 33.5 Å². The Morgan fingerprint density at radius 1 is 1.13 bits per heavy atom. The Morgan fingerprint density at radius 3 is 2.57 bits per heavy atom. The van der Waals surface area contributed by atoms with Crippen molar-refractivity contribution in [1.82, 2.24) is 9.78 Å². The highest BCUT2D eigenvalue weighted by Gasteiger charge is 2.16. The Balaban J connectivity index is 1.71. The predicted octanol–water partition coefficient (Wildman–Crippen LogP) is 5.12. The fourth-order valence-electron chi connectivity index (χ4n) is 2.77. The number of hydrogen-bond donors (Lipinski definition) is 2. The number of ether oxygens (including phenoxy) is 2. The van der Waals surface area contributed by atoms with E-state index in [1.165, 1.54) is 17.9 Å². The number of halogens is 3. The first-order valence-electron chi connectivity index (χ1n) is 8.82. The maximum absolute atomic E-state index is 13.7. The van der Waals surface area contributed by atoms with E-state index in [2.05, 4.69) is 15.7 Å². The van der Waals surface area contributed by atoms with Crippen molar-refractivity contribution in [1.29, 1.82) is 0 Å². The monoisotopic (exact) mass is 436 g/mol. The van der Waals surface area contributed by atoms with Gasteiger partial charge in [-0.3, -0.25) is 0 Å². The van der Waals surface area contributed by atoms with E-state index in [9.17, 15) is 13.6 Å². The zero-order chi connectivity index (χ0) is 21.8. The van der Waals surface area contributed by atoms with Crippen molar-refractivity contribution in [2.45, 2.75) is 20.6 Å². The van der Waals surface area contributed by atoms with E-state index in [0.717, 1.165) is 12.1 Å². The minimum Gasteiger partial charge on any atom is -0.495 e. The van der Waals surface area contributed by atoms with Crippen LogP contribution in [-0.4, -0.2) is 22.9 Å². The quantitative estimate of drug-likeness (QED) is 0.562. The highest BCUT2D eigenvalue weighted by atomic mass is 35.5. The smallest absolute Gasteiger partial charge is 0.323 e. The molecular formula is C20H19ClF2N4O3. The van der Waals surface area contributed by atoms with Gasteiger partial charge in [0.25, 0.3) is 0 Å². The van der Waals surface area contributed by atoms with Crippen molar-refractivity contribution < 1.29 is 23.0 Å². The molecule has 3 aromatic rings. The van der Waals surface area contributed by atoms with E-state index in [1.807, 2.05) is 0 Å². The molecule has 0 saturated carbocycles. The average Bonchev–Trinajstić information content (AvgIpc) is 2.95. The zero-order valence-corrected chi connectivity index (χ0v) is 17.2. The molecule has 2 amide bonds. The van der Waals surface area contributed by atoms with Crippen molar-refractivity contribution in [3.8, 4) is 11.5 Å². The Labute approximate surface area is 176 Å². The molecule has 0 radical (unpaired) electrons. The van der Waals surface area contributed by atoms with Gasteiger partial charge < -0.3 is 20.1 Å². The number of hydrogen-bond acceptors (Lipinski definition) is 4. The molecule has 158 valence electrons. The molecule has 10 heteroatoms. The molecule has 0 unspecified atom stereocenters. The van der Waals surface area contributed by atoms with Crippen molar-refractivity contribution in [3.05, 3.63) is 64.4 Å². The third kappa shape index (κ3) is 4.80. The number of anilines is 2. The molecule has 1 heterocycles. The molecule has 2 aromatic carbocycles. The summed E-state index contributed by atoms with van der Waals surface area (Å²) in [4.78, 5) is 12.5. The van der Waals surface area contributed by atoms with Crippen LogP contribution in [0.1, 0.15) is 11.4 Å². The van der Waals surface area contributed by atoms with Crippen molar-refractivity contribution in [3.63, 3.8) is 0 Å². The number of benzene rings is 2. The number of rotatable bonds is 6. The molecule has 0 fully saturated rings.